The van der Waals surface area contributed by atoms with E-state index in [0.717, 1.165) is 5.56 Å². The topological polar surface area (TPSA) is 55.8 Å². The van der Waals surface area contributed by atoms with Crippen LogP contribution in [0, 0.1) is 0 Å². The number of carboxylic acids is 1. The van der Waals surface area contributed by atoms with Gasteiger partial charge in [0.1, 0.15) is 11.5 Å². The summed E-state index contributed by atoms with van der Waals surface area (Å²) in [6.45, 7) is 2.37. The number of carbonyl (C=O) groups is 1. The largest absolute Gasteiger partial charge is 0.495 e. The van der Waals surface area contributed by atoms with Gasteiger partial charge in [-0.3, -0.25) is 4.79 Å². The first kappa shape index (κ1) is 13.6. The van der Waals surface area contributed by atoms with E-state index >= 15 is 0 Å². The summed E-state index contributed by atoms with van der Waals surface area (Å²) in [5, 5.41) is 9.12. The number of hydrogen-bond donors (Lipinski definition) is 1. The molecule has 1 rings (SSSR count). The van der Waals surface area contributed by atoms with Crippen molar-refractivity contribution in [1.82, 2.24) is 0 Å². The van der Waals surface area contributed by atoms with Crippen molar-refractivity contribution in [2.75, 3.05) is 13.7 Å². The van der Waals surface area contributed by atoms with Crippen LogP contribution in [-0.2, 0) is 11.2 Å². The van der Waals surface area contributed by atoms with Crippen molar-refractivity contribution in [2.24, 2.45) is 0 Å². The molecule has 0 bridgehead atoms. The molecular formula is C12H15ClO4. The Morgan fingerprint density at radius 1 is 1.41 bits per heavy atom. The van der Waals surface area contributed by atoms with Crippen LogP contribution in [0.3, 0.4) is 0 Å². The highest BCUT2D eigenvalue weighted by atomic mass is 35.5. The van der Waals surface area contributed by atoms with Crippen LogP contribution in [-0.4, -0.2) is 24.8 Å². The lowest BCUT2D eigenvalue weighted by Crippen LogP contribution is -2.02. The number of hydrogen-bond acceptors (Lipinski definition) is 3. The lowest BCUT2D eigenvalue weighted by atomic mass is 10.1. The van der Waals surface area contributed by atoms with Crippen molar-refractivity contribution < 1.29 is 19.4 Å². The number of ether oxygens (including phenoxy) is 2. The maximum atomic E-state index is 10.6. The first-order valence-corrected chi connectivity index (χ1v) is 5.67. The first-order valence-electron chi connectivity index (χ1n) is 5.29. The normalized spacial score (nSPS) is 10.1. The fourth-order valence-electron chi connectivity index (χ4n) is 1.46. The van der Waals surface area contributed by atoms with Crippen LogP contribution in [0.1, 0.15) is 18.9 Å². The minimum absolute atomic E-state index is 0.0444. The Hall–Kier alpha value is -1.42. The van der Waals surface area contributed by atoms with Crippen molar-refractivity contribution in [1.29, 1.82) is 0 Å². The van der Waals surface area contributed by atoms with E-state index in [2.05, 4.69) is 0 Å². The van der Waals surface area contributed by atoms with Crippen LogP contribution in [0.2, 0.25) is 5.02 Å². The van der Waals surface area contributed by atoms with Gasteiger partial charge in [0, 0.05) is 12.5 Å². The molecule has 0 aliphatic heterocycles. The zero-order chi connectivity index (χ0) is 12.8. The molecule has 5 heteroatoms. The number of carboxylic acid groups (broad SMARTS) is 1. The Morgan fingerprint density at radius 3 is 2.65 bits per heavy atom. The Labute approximate surface area is 105 Å². The molecule has 0 aliphatic rings. The SMILES string of the molecule is CCOc1cc(OC)c(Cl)cc1CCC(=O)O. The highest BCUT2D eigenvalue weighted by molar-refractivity contribution is 6.32. The minimum atomic E-state index is -0.848. The summed E-state index contributed by atoms with van der Waals surface area (Å²) in [5.74, 6) is 0.295. The standard InChI is InChI=1S/C12H15ClO4/c1-3-17-10-7-11(16-2)9(13)6-8(10)4-5-12(14)15/h6-7H,3-5H2,1-2H3,(H,14,15). The number of halogens is 1. The second-order valence-corrected chi connectivity index (χ2v) is 3.83. The van der Waals surface area contributed by atoms with Crippen LogP contribution in [0.15, 0.2) is 12.1 Å². The summed E-state index contributed by atoms with van der Waals surface area (Å²) < 4.78 is 10.5. The molecule has 0 amide bonds. The van der Waals surface area contributed by atoms with E-state index in [1.807, 2.05) is 6.92 Å². The molecule has 1 aromatic carbocycles. The molecule has 17 heavy (non-hydrogen) atoms. The maximum Gasteiger partial charge on any atom is 0.303 e. The van der Waals surface area contributed by atoms with Crippen molar-refractivity contribution in [3.05, 3.63) is 22.7 Å². The monoisotopic (exact) mass is 258 g/mol. The van der Waals surface area contributed by atoms with Gasteiger partial charge in [0.25, 0.3) is 0 Å². The van der Waals surface area contributed by atoms with Crippen LogP contribution >= 0.6 is 11.6 Å². The van der Waals surface area contributed by atoms with E-state index in [4.69, 9.17) is 26.2 Å². The third-order valence-electron chi connectivity index (χ3n) is 2.24. The van der Waals surface area contributed by atoms with Gasteiger partial charge >= 0.3 is 5.97 Å². The van der Waals surface area contributed by atoms with Crippen LogP contribution in [0.5, 0.6) is 11.5 Å². The first-order chi connectivity index (χ1) is 8.08. The summed E-state index contributed by atoms with van der Waals surface area (Å²) >= 11 is 5.99. The van der Waals surface area contributed by atoms with E-state index in [-0.39, 0.29) is 6.42 Å². The second-order valence-electron chi connectivity index (χ2n) is 3.42. The van der Waals surface area contributed by atoms with Gasteiger partial charge in [-0.05, 0) is 25.0 Å². The Balaban J connectivity index is 2.99. The third-order valence-corrected chi connectivity index (χ3v) is 2.54. The molecule has 0 atom stereocenters. The van der Waals surface area contributed by atoms with Gasteiger partial charge in [-0.15, -0.1) is 0 Å². The van der Waals surface area contributed by atoms with E-state index in [0.29, 0.717) is 29.5 Å². The lowest BCUT2D eigenvalue weighted by Gasteiger charge is -2.12. The second kappa shape index (κ2) is 6.35. The molecule has 0 spiro atoms. The molecule has 0 unspecified atom stereocenters. The van der Waals surface area contributed by atoms with Gasteiger partial charge in [-0.25, -0.2) is 0 Å². The summed E-state index contributed by atoms with van der Waals surface area (Å²) in [6, 6.07) is 3.37. The summed E-state index contributed by atoms with van der Waals surface area (Å²) in [5.41, 5.74) is 0.778. The molecule has 1 N–H and O–H groups in total. The quantitative estimate of drug-likeness (QED) is 0.852. The highest BCUT2D eigenvalue weighted by Gasteiger charge is 2.11. The Kier molecular flexibility index (Phi) is 5.10. The van der Waals surface area contributed by atoms with Gasteiger partial charge < -0.3 is 14.6 Å². The van der Waals surface area contributed by atoms with E-state index in [1.165, 1.54) is 7.11 Å². The van der Waals surface area contributed by atoms with Gasteiger partial charge in [-0.1, -0.05) is 11.6 Å². The minimum Gasteiger partial charge on any atom is -0.495 e. The average molecular weight is 259 g/mol. The molecule has 4 nitrogen and oxygen atoms in total. The van der Waals surface area contributed by atoms with Crippen LogP contribution in [0.25, 0.3) is 0 Å². The van der Waals surface area contributed by atoms with Crippen LogP contribution < -0.4 is 9.47 Å². The molecule has 1 aromatic rings. The average Bonchev–Trinajstić information content (AvgIpc) is 2.29. The highest BCUT2D eigenvalue weighted by Crippen LogP contribution is 2.33. The van der Waals surface area contributed by atoms with Crippen molar-refractivity contribution in [2.45, 2.75) is 19.8 Å². The predicted molar refractivity (Wildman–Crippen MR) is 65.1 cm³/mol. The van der Waals surface area contributed by atoms with Crippen molar-refractivity contribution >= 4 is 17.6 Å². The summed E-state index contributed by atoms with van der Waals surface area (Å²) in [4.78, 5) is 10.6. The molecule has 0 aliphatic carbocycles. The Morgan fingerprint density at radius 2 is 2.12 bits per heavy atom. The van der Waals surface area contributed by atoms with Gasteiger partial charge in [0.05, 0.1) is 18.7 Å². The molecular weight excluding hydrogens is 244 g/mol. The van der Waals surface area contributed by atoms with Gasteiger partial charge in [0.15, 0.2) is 0 Å². The van der Waals surface area contributed by atoms with Crippen LogP contribution in [0.4, 0.5) is 0 Å². The van der Waals surface area contributed by atoms with Crippen molar-refractivity contribution in [3.8, 4) is 11.5 Å². The maximum absolute atomic E-state index is 10.6. The zero-order valence-electron chi connectivity index (χ0n) is 9.83. The number of aliphatic carboxylic acids is 1. The molecule has 0 saturated heterocycles. The van der Waals surface area contributed by atoms with E-state index in [1.54, 1.807) is 12.1 Å². The summed E-state index contributed by atoms with van der Waals surface area (Å²) in [6.07, 6.45) is 0.428. The zero-order valence-corrected chi connectivity index (χ0v) is 10.6. The molecule has 0 fully saturated rings. The van der Waals surface area contributed by atoms with Gasteiger partial charge in [-0.2, -0.15) is 0 Å². The molecule has 0 radical (unpaired) electrons. The van der Waals surface area contributed by atoms with E-state index < -0.39 is 5.97 Å². The number of benzene rings is 1. The summed E-state index contributed by atoms with van der Waals surface area (Å²) in [7, 11) is 1.52. The number of methoxy groups -OCH3 is 1. The molecule has 0 heterocycles. The van der Waals surface area contributed by atoms with E-state index in [9.17, 15) is 4.79 Å². The predicted octanol–water partition coefficient (Wildman–Crippen LogP) is 2.76. The van der Waals surface area contributed by atoms with Crippen molar-refractivity contribution in [3.63, 3.8) is 0 Å². The molecule has 0 aromatic heterocycles. The number of aryl methyl sites for hydroxylation is 1. The van der Waals surface area contributed by atoms with Gasteiger partial charge in [0.2, 0.25) is 0 Å². The lowest BCUT2D eigenvalue weighted by molar-refractivity contribution is -0.136. The fraction of sp³-hybridized carbons (Fsp3) is 0.417. The number of rotatable bonds is 6. The fourth-order valence-corrected chi connectivity index (χ4v) is 1.72. The third kappa shape index (κ3) is 3.82. The smallest absolute Gasteiger partial charge is 0.303 e. The molecule has 0 saturated carbocycles. The Bertz CT molecular complexity index is 404. The molecule has 94 valence electrons.